The molecule has 0 radical (unpaired) electrons. The van der Waals surface area contributed by atoms with Crippen LogP contribution in [-0.2, 0) is 9.59 Å². The molecular formula is C10H21N3O2. The predicted molar refractivity (Wildman–Crippen MR) is 59.1 cm³/mol. The fourth-order valence-electron chi connectivity index (χ4n) is 1.11. The second-order valence-corrected chi connectivity index (χ2v) is 3.67. The molecule has 0 aromatic heterocycles. The van der Waals surface area contributed by atoms with E-state index in [0.29, 0.717) is 6.54 Å². The number of nitrogens with one attached hydrogen (secondary N) is 1. The summed E-state index contributed by atoms with van der Waals surface area (Å²) in [6.07, 6.45) is 0. The number of hydrogen-bond donors (Lipinski definition) is 2. The van der Waals surface area contributed by atoms with Gasteiger partial charge in [-0.25, -0.2) is 0 Å². The Balaban J connectivity index is 4.40. The summed E-state index contributed by atoms with van der Waals surface area (Å²) in [7, 11) is 1.55. The van der Waals surface area contributed by atoms with Gasteiger partial charge in [-0.1, -0.05) is 6.92 Å². The van der Waals surface area contributed by atoms with E-state index < -0.39 is 0 Å². The number of amides is 2. The Kier molecular flexibility index (Phi) is 5.93. The number of nitrogens with two attached hydrogens (primary N) is 1. The largest absolute Gasteiger partial charge is 0.358 e. The normalized spacial score (nSPS) is 14.2. The van der Waals surface area contributed by atoms with Crippen LogP contribution in [-0.4, -0.2) is 42.9 Å². The molecule has 2 unspecified atom stereocenters. The molecule has 5 nitrogen and oxygen atoms in total. The summed E-state index contributed by atoms with van der Waals surface area (Å²) < 4.78 is 0. The van der Waals surface area contributed by atoms with E-state index in [2.05, 4.69) is 5.32 Å². The van der Waals surface area contributed by atoms with E-state index in [1.807, 2.05) is 6.92 Å². The monoisotopic (exact) mass is 215 g/mol. The van der Waals surface area contributed by atoms with Gasteiger partial charge >= 0.3 is 0 Å². The summed E-state index contributed by atoms with van der Waals surface area (Å²) in [6.45, 7) is 6.02. The fourth-order valence-corrected chi connectivity index (χ4v) is 1.11. The van der Waals surface area contributed by atoms with Crippen LogP contribution < -0.4 is 11.1 Å². The summed E-state index contributed by atoms with van der Waals surface area (Å²) in [6, 6.07) is -0.198. The molecule has 0 aliphatic carbocycles. The third kappa shape index (κ3) is 4.29. The molecule has 0 fully saturated rings. The van der Waals surface area contributed by atoms with Crippen molar-refractivity contribution < 1.29 is 9.59 Å². The van der Waals surface area contributed by atoms with E-state index in [1.54, 1.807) is 20.9 Å². The molecule has 2 amide bonds. The van der Waals surface area contributed by atoms with Crippen molar-refractivity contribution in [1.82, 2.24) is 10.2 Å². The first kappa shape index (κ1) is 13.9. The number of rotatable bonds is 5. The number of carbonyl (C=O) groups is 2. The molecule has 2 atom stereocenters. The van der Waals surface area contributed by atoms with Crippen LogP contribution in [0.15, 0.2) is 0 Å². The first-order valence-corrected chi connectivity index (χ1v) is 5.19. The van der Waals surface area contributed by atoms with E-state index in [0.717, 1.165) is 0 Å². The lowest BCUT2D eigenvalue weighted by Crippen LogP contribution is -2.45. The molecule has 0 aromatic carbocycles. The van der Waals surface area contributed by atoms with Crippen LogP contribution in [0.5, 0.6) is 0 Å². The van der Waals surface area contributed by atoms with Crippen molar-refractivity contribution in [2.75, 3.05) is 20.1 Å². The molecule has 0 bridgehead atoms. The van der Waals surface area contributed by atoms with Crippen molar-refractivity contribution in [2.24, 2.45) is 11.7 Å². The lowest BCUT2D eigenvalue weighted by atomic mass is 10.0. The molecule has 0 heterocycles. The van der Waals surface area contributed by atoms with Gasteiger partial charge in [-0.05, 0) is 13.8 Å². The van der Waals surface area contributed by atoms with Crippen molar-refractivity contribution in [3.63, 3.8) is 0 Å². The molecule has 15 heavy (non-hydrogen) atoms. The molecule has 88 valence electrons. The highest BCUT2D eigenvalue weighted by Gasteiger charge is 2.23. The first-order chi connectivity index (χ1) is 6.93. The zero-order valence-corrected chi connectivity index (χ0v) is 9.91. The average Bonchev–Trinajstić information content (AvgIpc) is 2.23. The van der Waals surface area contributed by atoms with Crippen LogP contribution in [0.2, 0.25) is 0 Å². The Bertz CT molecular complexity index is 229. The van der Waals surface area contributed by atoms with Crippen LogP contribution in [0.4, 0.5) is 0 Å². The van der Waals surface area contributed by atoms with E-state index in [4.69, 9.17) is 5.73 Å². The highest BCUT2D eigenvalue weighted by molar-refractivity contribution is 5.85. The van der Waals surface area contributed by atoms with E-state index >= 15 is 0 Å². The quantitative estimate of drug-likeness (QED) is 0.653. The van der Waals surface area contributed by atoms with Crippen LogP contribution >= 0.6 is 0 Å². The minimum absolute atomic E-state index is 0.0731. The van der Waals surface area contributed by atoms with Crippen molar-refractivity contribution >= 4 is 11.8 Å². The minimum atomic E-state index is -0.255. The average molecular weight is 215 g/mol. The number of nitrogens with zero attached hydrogens (tertiary/aromatic N) is 1. The van der Waals surface area contributed by atoms with E-state index in [1.165, 1.54) is 4.90 Å². The van der Waals surface area contributed by atoms with E-state index in [9.17, 15) is 9.59 Å². The maximum Gasteiger partial charge on any atom is 0.239 e. The summed E-state index contributed by atoms with van der Waals surface area (Å²) >= 11 is 0. The van der Waals surface area contributed by atoms with Gasteiger partial charge in [0.2, 0.25) is 11.8 Å². The maximum absolute atomic E-state index is 11.8. The predicted octanol–water partition coefficient (Wildman–Crippen LogP) is -0.436. The van der Waals surface area contributed by atoms with E-state index in [-0.39, 0.29) is 30.3 Å². The Morgan fingerprint density at radius 3 is 2.27 bits per heavy atom. The zero-order valence-electron chi connectivity index (χ0n) is 9.91. The molecule has 0 saturated carbocycles. The number of hydrogen-bond acceptors (Lipinski definition) is 3. The second-order valence-electron chi connectivity index (χ2n) is 3.67. The lowest BCUT2D eigenvalue weighted by molar-refractivity contribution is -0.139. The van der Waals surface area contributed by atoms with Crippen LogP contribution in [0, 0.1) is 5.92 Å². The summed E-state index contributed by atoms with van der Waals surface area (Å²) in [4.78, 5) is 24.5. The third-order valence-electron chi connectivity index (χ3n) is 2.48. The zero-order chi connectivity index (χ0) is 12.0. The van der Waals surface area contributed by atoms with Gasteiger partial charge in [0.05, 0.1) is 12.5 Å². The van der Waals surface area contributed by atoms with Crippen LogP contribution in [0.1, 0.15) is 20.8 Å². The number of carbonyl (C=O) groups excluding carboxylic acids is 2. The van der Waals surface area contributed by atoms with Crippen LogP contribution in [0.25, 0.3) is 0 Å². The molecule has 0 spiro atoms. The SMILES string of the molecule is CCN(CC(=O)NC)C(=O)C(C)C(C)N. The standard InChI is InChI=1S/C10H21N3O2/c1-5-13(6-9(14)12-4)10(15)7(2)8(3)11/h7-8H,5-6,11H2,1-4H3,(H,12,14). The smallest absolute Gasteiger partial charge is 0.239 e. The Labute approximate surface area is 91.0 Å². The van der Waals surface area contributed by atoms with Gasteiger partial charge in [0.1, 0.15) is 0 Å². The van der Waals surface area contributed by atoms with Gasteiger partial charge in [-0.15, -0.1) is 0 Å². The maximum atomic E-state index is 11.8. The van der Waals surface area contributed by atoms with Crippen LogP contribution in [0.3, 0.4) is 0 Å². The topological polar surface area (TPSA) is 75.4 Å². The van der Waals surface area contributed by atoms with Gasteiger partial charge in [0.25, 0.3) is 0 Å². The Morgan fingerprint density at radius 1 is 1.40 bits per heavy atom. The summed E-state index contributed by atoms with van der Waals surface area (Å²) in [5, 5.41) is 2.49. The van der Waals surface area contributed by atoms with Gasteiger partial charge in [-0.3, -0.25) is 9.59 Å². The van der Waals surface area contributed by atoms with Crippen molar-refractivity contribution in [2.45, 2.75) is 26.8 Å². The Hall–Kier alpha value is -1.10. The number of likely N-dealkylation sites (N-methyl/N-ethyl adjacent to an activating group) is 2. The molecule has 3 N–H and O–H groups in total. The highest BCUT2D eigenvalue weighted by atomic mass is 16.2. The minimum Gasteiger partial charge on any atom is -0.358 e. The summed E-state index contributed by atoms with van der Waals surface area (Å²) in [5.41, 5.74) is 5.64. The van der Waals surface area contributed by atoms with Gasteiger partial charge < -0.3 is 16.0 Å². The summed E-state index contributed by atoms with van der Waals surface area (Å²) in [5.74, 6) is -0.493. The third-order valence-corrected chi connectivity index (χ3v) is 2.48. The van der Waals surface area contributed by atoms with Gasteiger partial charge in [-0.2, -0.15) is 0 Å². The molecule has 0 aromatic rings. The van der Waals surface area contributed by atoms with Crippen molar-refractivity contribution in [3.8, 4) is 0 Å². The first-order valence-electron chi connectivity index (χ1n) is 5.19. The molecule has 0 rings (SSSR count). The molecule has 0 aliphatic rings. The fraction of sp³-hybridized carbons (Fsp3) is 0.800. The molecule has 0 saturated heterocycles. The second kappa shape index (κ2) is 6.40. The highest BCUT2D eigenvalue weighted by Crippen LogP contribution is 2.05. The lowest BCUT2D eigenvalue weighted by Gasteiger charge is -2.25. The molecule has 5 heteroatoms. The van der Waals surface area contributed by atoms with Crippen molar-refractivity contribution in [3.05, 3.63) is 0 Å². The Morgan fingerprint density at radius 2 is 1.93 bits per heavy atom. The molecular weight excluding hydrogens is 194 g/mol. The van der Waals surface area contributed by atoms with Crippen molar-refractivity contribution in [1.29, 1.82) is 0 Å². The van der Waals surface area contributed by atoms with Gasteiger partial charge in [0, 0.05) is 19.6 Å². The molecule has 0 aliphatic heterocycles. The van der Waals surface area contributed by atoms with Gasteiger partial charge in [0.15, 0.2) is 0 Å².